The number of hydrogen-bond acceptors (Lipinski definition) is 2. The third-order valence-electron chi connectivity index (χ3n) is 1.51. The number of ether oxygens (including phenoxy) is 1. The molecule has 0 bridgehead atoms. The highest BCUT2D eigenvalue weighted by Gasteiger charge is 2.03. The second-order valence-electron chi connectivity index (χ2n) is 2.25. The summed E-state index contributed by atoms with van der Waals surface area (Å²) in [6.07, 6.45) is 4.71. The van der Waals surface area contributed by atoms with Gasteiger partial charge in [0, 0.05) is 6.42 Å². The molecule has 0 spiro atoms. The maximum absolute atomic E-state index is 10.7. The minimum Gasteiger partial charge on any atom is -0.469 e. The number of allylic oxidation sites excluding steroid dienone is 2. The fourth-order valence-electron chi connectivity index (χ4n) is 0.719. The van der Waals surface area contributed by atoms with Crippen LogP contribution >= 0.6 is 0 Å². The van der Waals surface area contributed by atoms with Crippen LogP contribution in [0.1, 0.15) is 12.8 Å². The van der Waals surface area contributed by atoms with Gasteiger partial charge in [-0.15, -0.1) is 13.2 Å². The number of carbonyl (C=O) groups is 1. The van der Waals surface area contributed by atoms with Crippen LogP contribution in [-0.2, 0) is 9.53 Å². The number of carbonyl (C=O) groups excluding carboxylic acids is 1. The molecule has 0 N–H and O–H groups in total. The van der Waals surface area contributed by atoms with E-state index in [1.54, 1.807) is 12.2 Å². The standard InChI is InChI=1S/C9H14O2/c1-4-8(5-2)6-7-9(10)11-3/h4-5,8H,1-2,6-7H2,3H3. The fourth-order valence-corrected chi connectivity index (χ4v) is 0.719. The Hall–Kier alpha value is -1.05. The molecule has 0 aliphatic heterocycles. The topological polar surface area (TPSA) is 26.3 Å². The average Bonchev–Trinajstić information content (AvgIpc) is 2.06. The van der Waals surface area contributed by atoms with Gasteiger partial charge in [-0.3, -0.25) is 4.79 Å². The highest BCUT2D eigenvalue weighted by molar-refractivity contribution is 5.69. The van der Waals surface area contributed by atoms with Crippen LogP contribution < -0.4 is 0 Å². The number of rotatable bonds is 5. The summed E-state index contributed by atoms with van der Waals surface area (Å²) < 4.78 is 4.48. The average molecular weight is 154 g/mol. The van der Waals surface area contributed by atoms with E-state index in [-0.39, 0.29) is 11.9 Å². The third kappa shape index (κ3) is 4.37. The molecule has 2 nitrogen and oxygen atoms in total. The minimum absolute atomic E-state index is 0.182. The van der Waals surface area contributed by atoms with E-state index < -0.39 is 0 Å². The van der Waals surface area contributed by atoms with Gasteiger partial charge in [0.05, 0.1) is 7.11 Å². The van der Waals surface area contributed by atoms with Crippen LogP contribution in [0.2, 0.25) is 0 Å². The van der Waals surface area contributed by atoms with Gasteiger partial charge in [-0.2, -0.15) is 0 Å². The van der Waals surface area contributed by atoms with Crippen LogP contribution in [-0.4, -0.2) is 13.1 Å². The van der Waals surface area contributed by atoms with Gasteiger partial charge in [0.25, 0.3) is 0 Å². The maximum Gasteiger partial charge on any atom is 0.305 e. The Morgan fingerprint density at radius 3 is 2.45 bits per heavy atom. The van der Waals surface area contributed by atoms with Gasteiger partial charge in [-0.05, 0) is 12.3 Å². The van der Waals surface area contributed by atoms with Crippen molar-refractivity contribution in [3.8, 4) is 0 Å². The Bertz CT molecular complexity index is 142. The van der Waals surface area contributed by atoms with E-state index in [1.165, 1.54) is 7.11 Å². The predicted octanol–water partition coefficient (Wildman–Crippen LogP) is 1.93. The summed E-state index contributed by atoms with van der Waals surface area (Å²) in [5.41, 5.74) is 0. The summed E-state index contributed by atoms with van der Waals surface area (Å²) in [6, 6.07) is 0. The molecule has 0 aromatic heterocycles. The molecule has 0 aliphatic rings. The smallest absolute Gasteiger partial charge is 0.305 e. The molecule has 0 aromatic rings. The molecular formula is C9H14O2. The lowest BCUT2D eigenvalue weighted by molar-refractivity contribution is -0.140. The van der Waals surface area contributed by atoms with Gasteiger partial charge < -0.3 is 4.74 Å². The first kappa shape index (κ1) is 9.95. The zero-order valence-electron chi connectivity index (χ0n) is 6.88. The molecule has 0 heterocycles. The molecule has 0 aromatic carbocycles. The molecular weight excluding hydrogens is 140 g/mol. The van der Waals surface area contributed by atoms with E-state index in [9.17, 15) is 4.79 Å². The van der Waals surface area contributed by atoms with Crippen molar-refractivity contribution in [3.63, 3.8) is 0 Å². The Labute approximate surface area is 67.6 Å². The number of methoxy groups -OCH3 is 1. The highest BCUT2D eigenvalue weighted by Crippen LogP contribution is 2.08. The van der Waals surface area contributed by atoms with E-state index in [0.717, 1.165) is 6.42 Å². The van der Waals surface area contributed by atoms with Crippen molar-refractivity contribution in [3.05, 3.63) is 25.3 Å². The second-order valence-corrected chi connectivity index (χ2v) is 2.25. The van der Waals surface area contributed by atoms with Gasteiger partial charge in [0.1, 0.15) is 0 Å². The number of hydrogen-bond donors (Lipinski definition) is 0. The van der Waals surface area contributed by atoms with Crippen molar-refractivity contribution in [2.75, 3.05) is 7.11 Å². The Kier molecular flexibility index (Phi) is 5.17. The summed E-state index contributed by atoms with van der Waals surface area (Å²) >= 11 is 0. The van der Waals surface area contributed by atoms with Crippen molar-refractivity contribution in [2.45, 2.75) is 12.8 Å². The zero-order valence-corrected chi connectivity index (χ0v) is 6.88. The van der Waals surface area contributed by atoms with Gasteiger partial charge in [-0.1, -0.05) is 12.2 Å². The van der Waals surface area contributed by atoms with E-state index in [4.69, 9.17) is 0 Å². The Balaban J connectivity index is 3.58. The van der Waals surface area contributed by atoms with E-state index >= 15 is 0 Å². The summed E-state index contributed by atoms with van der Waals surface area (Å²) in [6.45, 7) is 7.22. The van der Waals surface area contributed by atoms with Crippen LogP contribution in [0.4, 0.5) is 0 Å². The Morgan fingerprint density at radius 2 is 2.09 bits per heavy atom. The molecule has 0 amide bonds. The van der Waals surface area contributed by atoms with Crippen LogP contribution in [0.25, 0.3) is 0 Å². The normalized spacial score (nSPS) is 9.27. The van der Waals surface area contributed by atoms with Crippen LogP contribution in [0.15, 0.2) is 25.3 Å². The fraction of sp³-hybridized carbons (Fsp3) is 0.444. The first-order chi connectivity index (χ1) is 5.24. The van der Waals surface area contributed by atoms with Gasteiger partial charge in [0.2, 0.25) is 0 Å². The van der Waals surface area contributed by atoms with Crippen molar-refractivity contribution in [1.82, 2.24) is 0 Å². The molecule has 2 heteroatoms. The van der Waals surface area contributed by atoms with Crippen molar-refractivity contribution in [2.24, 2.45) is 5.92 Å². The lowest BCUT2D eigenvalue weighted by atomic mass is 10.0. The van der Waals surface area contributed by atoms with Crippen LogP contribution in [0, 0.1) is 5.92 Å². The Morgan fingerprint density at radius 1 is 1.55 bits per heavy atom. The molecule has 0 rings (SSSR count). The van der Waals surface area contributed by atoms with Crippen molar-refractivity contribution >= 4 is 5.97 Å². The van der Waals surface area contributed by atoms with Gasteiger partial charge in [-0.25, -0.2) is 0 Å². The maximum atomic E-state index is 10.7. The first-order valence-corrected chi connectivity index (χ1v) is 3.56. The SMILES string of the molecule is C=CC(C=C)CCC(=O)OC. The summed E-state index contributed by atoms with van der Waals surface area (Å²) in [4.78, 5) is 10.7. The number of esters is 1. The summed E-state index contributed by atoms with van der Waals surface area (Å²) in [5, 5.41) is 0. The second kappa shape index (κ2) is 5.71. The zero-order chi connectivity index (χ0) is 8.69. The molecule has 0 unspecified atom stereocenters. The molecule has 0 radical (unpaired) electrons. The lowest BCUT2D eigenvalue weighted by Gasteiger charge is -2.04. The molecule has 0 atom stereocenters. The minimum atomic E-state index is -0.182. The monoisotopic (exact) mass is 154 g/mol. The molecule has 0 saturated carbocycles. The molecule has 62 valence electrons. The van der Waals surface area contributed by atoms with Gasteiger partial charge >= 0.3 is 5.97 Å². The lowest BCUT2D eigenvalue weighted by Crippen LogP contribution is -2.02. The van der Waals surface area contributed by atoms with Crippen LogP contribution in [0.3, 0.4) is 0 Å². The predicted molar refractivity (Wildman–Crippen MR) is 45.1 cm³/mol. The molecule has 11 heavy (non-hydrogen) atoms. The highest BCUT2D eigenvalue weighted by atomic mass is 16.5. The van der Waals surface area contributed by atoms with E-state index in [1.807, 2.05) is 0 Å². The summed E-state index contributed by atoms with van der Waals surface area (Å²) in [5.74, 6) is 0.0350. The molecule has 0 saturated heterocycles. The van der Waals surface area contributed by atoms with Crippen molar-refractivity contribution < 1.29 is 9.53 Å². The van der Waals surface area contributed by atoms with Crippen molar-refractivity contribution in [1.29, 1.82) is 0 Å². The molecule has 0 fully saturated rings. The third-order valence-corrected chi connectivity index (χ3v) is 1.51. The summed E-state index contributed by atoms with van der Waals surface area (Å²) in [7, 11) is 1.39. The van der Waals surface area contributed by atoms with E-state index in [2.05, 4.69) is 17.9 Å². The van der Waals surface area contributed by atoms with Crippen LogP contribution in [0.5, 0.6) is 0 Å². The van der Waals surface area contributed by atoms with Gasteiger partial charge in [0.15, 0.2) is 0 Å². The molecule has 0 aliphatic carbocycles. The van der Waals surface area contributed by atoms with E-state index in [0.29, 0.717) is 6.42 Å². The quantitative estimate of drug-likeness (QED) is 0.446. The largest absolute Gasteiger partial charge is 0.469 e. The first-order valence-electron chi connectivity index (χ1n) is 3.56.